The number of fused-ring (bicyclic) bond motifs is 1. The highest BCUT2D eigenvalue weighted by Gasteiger charge is 2.28. The van der Waals surface area contributed by atoms with Crippen LogP contribution in [0, 0.1) is 0 Å². The third-order valence-electron chi connectivity index (χ3n) is 4.51. The molecule has 0 spiro atoms. The number of carbonyl (C=O) groups excluding carboxylic acids is 1. The number of amides is 1. The zero-order chi connectivity index (χ0) is 17.5. The maximum Gasteiger partial charge on any atom is 0.243 e. The predicted octanol–water partition coefficient (Wildman–Crippen LogP) is 2.76. The second-order valence-electron chi connectivity index (χ2n) is 6.28. The van der Waals surface area contributed by atoms with Gasteiger partial charge in [-0.2, -0.15) is 0 Å². The summed E-state index contributed by atoms with van der Waals surface area (Å²) in [4.78, 5) is 12.8. The minimum atomic E-state index is -0.241. The SMILES string of the molecule is CCOCCCNC(=O)C1CCCCc2nnc(-c3ccccc3)n21. The van der Waals surface area contributed by atoms with Crippen molar-refractivity contribution in [1.82, 2.24) is 20.1 Å². The number of benzene rings is 1. The highest BCUT2D eigenvalue weighted by atomic mass is 16.5. The average Bonchev–Trinajstić information content (AvgIpc) is 2.94. The molecule has 6 nitrogen and oxygen atoms in total. The van der Waals surface area contributed by atoms with Crippen LogP contribution in [0.25, 0.3) is 11.4 Å². The van der Waals surface area contributed by atoms with Gasteiger partial charge in [0, 0.05) is 31.7 Å². The lowest BCUT2D eigenvalue weighted by Gasteiger charge is -2.19. The van der Waals surface area contributed by atoms with Crippen LogP contribution in [0.2, 0.25) is 0 Å². The van der Waals surface area contributed by atoms with Crippen molar-refractivity contribution in [2.45, 2.75) is 45.1 Å². The van der Waals surface area contributed by atoms with Gasteiger partial charge < -0.3 is 10.1 Å². The van der Waals surface area contributed by atoms with Crippen molar-refractivity contribution in [2.75, 3.05) is 19.8 Å². The topological polar surface area (TPSA) is 69.0 Å². The molecule has 1 aliphatic heterocycles. The van der Waals surface area contributed by atoms with Crippen LogP contribution in [0.5, 0.6) is 0 Å². The molecule has 1 aromatic heterocycles. The first-order valence-electron chi connectivity index (χ1n) is 9.16. The van der Waals surface area contributed by atoms with E-state index < -0.39 is 0 Å². The summed E-state index contributed by atoms with van der Waals surface area (Å²) >= 11 is 0. The van der Waals surface area contributed by atoms with Crippen LogP contribution in [0.1, 0.15) is 44.5 Å². The molecule has 0 fully saturated rings. The van der Waals surface area contributed by atoms with Crippen LogP contribution in [-0.4, -0.2) is 40.4 Å². The Labute approximate surface area is 148 Å². The third kappa shape index (κ3) is 4.25. The van der Waals surface area contributed by atoms with Crippen molar-refractivity contribution >= 4 is 5.91 Å². The molecule has 3 rings (SSSR count). The molecule has 0 aliphatic carbocycles. The first-order valence-corrected chi connectivity index (χ1v) is 9.16. The van der Waals surface area contributed by atoms with Gasteiger partial charge in [0.25, 0.3) is 0 Å². The Balaban J connectivity index is 1.78. The molecule has 1 atom stereocenters. The van der Waals surface area contributed by atoms with E-state index in [4.69, 9.17) is 4.74 Å². The molecule has 0 saturated heterocycles. The maximum atomic E-state index is 12.8. The number of ether oxygens (including phenoxy) is 1. The second-order valence-corrected chi connectivity index (χ2v) is 6.28. The van der Waals surface area contributed by atoms with Crippen LogP contribution in [-0.2, 0) is 16.0 Å². The summed E-state index contributed by atoms with van der Waals surface area (Å²) in [5.41, 5.74) is 0.997. The minimum Gasteiger partial charge on any atom is -0.382 e. The number of aromatic nitrogens is 3. The van der Waals surface area contributed by atoms with E-state index in [9.17, 15) is 4.79 Å². The smallest absolute Gasteiger partial charge is 0.243 e. The fourth-order valence-electron chi connectivity index (χ4n) is 3.25. The van der Waals surface area contributed by atoms with Gasteiger partial charge >= 0.3 is 0 Å². The summed E-state index contributed by atoms with van der Waals surface area (Å²) in [6.07, 6.45) is 4.58. The minimum absolute atomic E-state index is 0.0524. The number of hydrogen-bond acceptors (Lipinski definition) is 4. The highest BCUT2D eigenvalue weighted by Crippen LogP contribution is 2.29. The molecule has 1 aromatic carbocycles. The molecular formula is C19H26N4O2. The van der Waals surface area contributed by atoms with Gasteiger partial charge in [-0.3, -0.25) is 9.36 Å². The van der Waals surface area contributed by atoms with Crippen molar-refractivity contribution in [2.24, 2.45) is 0 Å². The lowest BCUT2D eigenvalue weighted by Crippen LogP contribution is -2.34. The molecule has 1 unspecified atom stereocenters. The summed E-state index contributed by atoms with van der Waals surface area (Å²) in [6, 6.07) is 9.73. The molecule has 1 aliphatic rings. The van der Waals surface area contributed by atoms with E-state index in [1.54, 1.807) is 0 Å². The molecular weight excluding hydrogens is 316 g/mol. The number of nitrogens with one attached hydrogen (secondary N) is 1. The molecule has 0 radical (unpaired) electrons. The lowest BCUT2D eigenvalue weighted by molar-refractivity contribution is -0.124. The van der Waals surface area contributed by atoms with Crippen LogP contribution in [0.3, 0.4) is 0 Å². The molecule has 6 heteroatoms. The summed E-state index contributed by atoms with van der Waals surface area (Å²) in [5.74, 6) is 1.74. The van der Waals surface area contributed by atoms with Crippen molar-refractivity contribution in [3.8, 4) is 11.4 Å². The highest BCUT2D eigenvalue weighted by molar-refractivity contribution is 5.81. The Bertz CT molecular complexity index is 684. The van der Waals surface area contributed by atoms with Gasteiger partial charge in [0.05, 0.1) is 0 Å². The van der Waals surface area contributed by atoms with Gasteiger partial charge in [0.2, 0.25) is 5.91 Å². The Kier molecular flexibility index (Phi) is 6.17. The van der Waals surface area contributed by atoms with E-state index in [2.05, 4.69) is 15.5 Å². The maximum absolute atomic E-state index is 12.8. The zero-order valence-electron chi connectivity index (χ0n) is 14.8. The summed E-state index contributed by atoms with van der Waals surface area (Å²) in [6.45, 7) is 3.99. The van der Waals surface area contributed by atoms with Gasteiger partial charge in [-0.15, -0.1) is 10.2 Å². The summed E-state index contributed by atoms with van der Waals surface area (Å²) in [5, 5.41) is 11.8. The largest absolute Gasteiger partial charge is 0.382 e. The van der Waals surface area contributed by atoms with Crippen LogP contribution in [0.4, 0.5) is 0 Å². The number of hydrogen-bond donors (Lipinski definition) is 1. The standard InChI is InChI=1S/C19H26N4O2/c1-2-25-14-8-13-20-19(24)16-11-6-7-12-17-21-22-18(23(16)17)15-9-4-3-5-10-15/h3-5,9-10,16H,2,6-8,11-14H2,1H3,(H,20,24). The van der Waals surface area contributed by atoms with E-state index >= 15 is 0 Å². The monoisotopic (exact) mass is 342 g/mol. The van der Waals surface area contributed by atoms with Crippen molar-refractivity contribution in [3.05, 3.63) is 36.2 Å². The Morgan fingerprint density at radius 1 is 1.28 bits per heavy atom. The Morgan fingerprint density at radius 3 is 2.92 bits per heavy atom. The number of carbonyl (C=O) groups is 1. The number of aryl methyl sites for hydroxylation is 1. The summed E-state index contributed by atoms with van der Waals surface area (Å²) in [7, 11) is 0. The van der Waals surface area contributed by atoms with Crippen LogP contribution < -0.4 is 5.32 Å². The van der Waals surface area contributed by atoms with Crippen molar-refractivity contribution < 1.29 is 9.53 Å². The van der Waals surface area contributed by atoms with Gasteiger partial charge in [-0.25, -0.2) is 0 Å². The van der Waals surface area contributed by atoms with Crippen LogP contribution in [0.15, 0.2) is 30.3 Å². The molecule has 1 N–H and O–H groups in total. The van der Waals surface area contributed by atoms with Gasteiger partial charge in [0.15, 0.2) is 5.82 Å². The van der Waals surface area contributed by atoms with E-state index in [0.717, 1.165) is 49.3 Å². The molecule has 2 aromatic rings. The fraction of sp³-hybridized carbons (Fsp3) is 0.526. The normalized spacial score (nSPS) is 16.9. The van der Waals surface area contributed by atoms with Gasteiger partial charge in [-0.05, 0) is 26.2 Å². The zero-order valence-corrected chi connectivity index (χ0v) is 14.8. The average molecular weight is 342 g/mol. The molecule has 0 saturated carbocycles. The van der Waals surface area contributed by atoms with E-state index in [1.165, 1.54) is 0 Å². The molecule has 134 valence electrons. The fourth-order valence-corrected chi connectivity index (χ4v) is 3.25. The van der Waals surface area contributed by atoms with E-state index in [1.807, 2.05) is 41.8 Å². The van der Waals surface area contributed by atoms with Crippen molar-refractivity contribution in [3.63, 3.8) is 0 Å². The van der Waals surface area contributed by atoms with E-state index in [0.29, 0.717) is 19.8 Å². The summed E-state index contributed by atoms with van der Waals surface area (Å²) < 4.78 is 7.37. The van der Waals surface area contributed by atoms with Crippen molar-refractivity contribution in [1.29, 1.82) is 0 Å². The lowest BCUT2D eigenvalue weighted by atomic mass is 10.1. The van der Waals surface area contributed by atoms with E-state index in [-0.39, 0.29) is 11.9 Å². The second kappa shape index (κ2) is 8.76. The van der Waals surface area contributed by atoms with Gasteiger partial charge in [0.1, 0.15) is 11.9 Å². The predicted molar refractivity (Wildman–Crippen MR) is 96.2 cm³/mol. The molecule has 25 heavy (non-hydrogen) atoms. The third-order valence-corrected chi connectivity index (χ3v) is 4.51. The Morgan fingerprint density at radius 2 is 2.12 bits per heavy atom. The van der Waals surface area contributed by atoms with Gasteiger partial charge in [-0.1, -0.05) is 36.8 Å². The first-order chi connectivity index (χ1) is 12.3. The first kappa shape index (κ1) is 17.6. The quantitative estimate of drug-likeness (QED) is 0.786. The molecule has 2 heterocycles. The molecule has 1 amide bonds. The van der Waals surface area contributed by atoms with Crippen LogP contribution >= 0.6 is 0 Å². The number of nitrogens with zero attached hydrogens (tertiary/aromatic N) is 3. The molecule has 0 bridgehead atoms. The number of rotatable bonds is 7. The Hall–Kier alpha value is -2.21.